The van der Waals surface area contributed by atoms with Crippen LogP contribution in [-0.4, -0.2) is 31.6 Å². The van der Waals surface area contributed by atoms with Crippen LogP contribution in [0.2, 0.25) is 0 Å². The number of hydrogen-bond donors (Lipinski definition) is 2. The highest BCUT2D eigenvalue weighted by molar-refractivity contribution is 5.93. The van der Waals surface area contributed by atoms with Gasteiger partial charge in [0.2, 0.25) is 0 Å². The standard InChI is InChI=1S/C19H21F3N6O2/c1-3-27-10-12(11(2)25-27)9-23-18(29)14-8-17-24-13(15-5-4-6-30-15)7-16(19(20,21)22)28(17)26-14/h4-6,8,10,13,16,24H,3,7,9H2,1-2H3,(H,23,29)/t13-,16+/m0/s1. The fourth-order valence-electron chi connectivity index (χ4n) is 3.52. The van der Waals surface area contributed by atoms with E-state index in [0.717, 1.165) is 15.9 Å². The smallest absolute Gasteiger partial charge is 0.410 e. The van der Waals surface area contributed by atoms with E-state index in [-0.39, 0.29) is 24.5 Å². The van der Waals surface area contributed by atoms with Gasteiger partial charge in [-0.15, -0.1) is 0 Å². The highest BCUT2D eigenvalue weighted by Crippen LogP contribution is 2.43. The molecule has 0 bridgehead atoms. The van der Waals surface area contributed by atoms with Crippen LogP contribution >= 0.6 is 0 Å². The molecule has 30 heavy (non-hydrogen) atoms. The molecule has 2 N–H and O–H groups in total. The van der Waals surface area contributed by atoms with E-state index in [1.807, 2.05) is 20.0 Å². The zero-order valence-electron chi connectivity index (χ0n) is 16.4. The van der Waals surface area contributed by atoms with E-state index in [0.29, 0.717) is 12.3 Å². The molecule has 4 rings (SSSR count). The fourth-order valence-corrected chi connectivity index (χ4v) is 3.52. The van der Waals surface area contributed by atoms with Gasteiger partial charge in [-0.25, -0.2) is 4.68 Å². The van der Waals surface area contributed by atoms with Gasteiger partial charge in [-0.3, -0.25) is 9.48 Å². The second kappa shape index (κ2) is 7.54. The maximum absolute atomic E-state index is 13.7. The molecule has 0 fully saturated rings. The lowest BCUT2D eigenvalue weighted by molar-refractivity contribution is -0.174. The van der Waals surface area contributed by atoms with Crippen molar-refractivity contribution in [1.29, 1.82) is 0 Å². The number of hydrogen-bond acceptors (Lipinski definition) is 5. The maximum atomic E-state index is 13.7. The number of carbonyl (C=O) groups is 1. The van der Waals surface area contributed by atoms with E-state index in [4.69, 9.17) is 4.42 Å². The number of rotatable bonds is 5. The molecule has 4 heterocycles. The van der Waals surface area contributed by atoms with Crippen LogP contribution in [0.15, 0.2) is 35.1 Å². The first kappa shape index (κ1) is 20.0. The van der Waals surface area contributed by atoms with E-state index in [1.165, 1.54) is 12.3 Å². The molecule has 0 aliphatic carbocycles. The number of furan rings is 1. The molecule has 0 aromatic carbocycles. The average Bonchev–Trinajstić information content (AvgIpc) is 3.43. The quantitative estimate of drug-likeness (QED) is 0.656. The van der Waals surface area contributed by atoms with Crippen molar-refractivity contribution < 1.29 is 22.4 Å². The Hall–Kier alpha value is -3.24. The van der Waals surface area contributed by atoms with E-state index < -0.39 is 24.2 Å². The molecular weight excluding hydrogens is 401 g/mol. The number of alkyl halides is 3. The van der Waals surface area contributed by atoms with Crippen LogP contribution < -0.4 is 10.6 Å². The van der Waals surface area contributed by atoms with Crippen molar-refractivity contribution in [2.24, 2.45) is 0 Å². The summed E-state index contributed by atoms with van der Waals surface area (Å²) in [5.41, 5.74) is 1.52. The number of nitrogens with zero attached hydrogens (tertiary/aromatic N) is 4. The number of amides is 1. The number of nitrogens with one attached hydrogen (secondary N) is 2. The van der Waals surface area contributed by atoms with Crippen LogP contribution in [0.3, 0.4) is 0 Å². The summed E-state index contributed by atoms with van der Waals surface area (Å²) in [6.07, 6.45) is -1.58. The summed E-state index contributed by atoms with van der Waals surface area (Å²) < 4.78 is 48.8. The van der Waals surface area contributed by atoms with Gasteiger partial charge in [-0.1, -0.05) is 0 Å². The Morgan fingerprint density at radius 3 is 2.83 bits per heavy atom. The highest BCUT2D eigenvalue weighted by atomic mass is 19.4. The van der Waals surface area contributed by atoms with Crippen LogP contribution in [-0.2, 0) is 13.1 Å². The molecule has 0 spiro atoms. The van der Waals surface area contributed by atoms with Crippen molar-refractivity contribution in [2.75, 3.05) is 5.32 Å². The summed E-state index contributed by atoms with van der Waals surface area (Å²) in [5, 5.41) is 13.9. The molecule has 0 saturated heterocycles. The molecule has 1 aliphatic heterocycles. The third kappa shape index (κ3) is 3.79. The molecule has 11 heteroatoms. The minimum Gasteiger partial charge on any atom is -0.467 e. The SMILES string of the molecule is CCn1cc(CNC(=O)c2cc3n(n2)[C@@H](C(F)(F)F)C[C@@H](c2ccco2)N3)c(C)n1. The van der Waals surface area contributed by atoms with E-state index in [9.17, 15) is 18.0 Å². The van der Waals surface area contributed by atoms with Crippen molar-refractivity contribution in [3.05, 3.63) is 53.4 Å². The number of carbonyl (C=O) groups excluding carboxylic acids is 1. The number of aryl methyl sites for hydroxylation is 2. The normalized spacial score (nSPS) is 18.7. The Morgan fingerprint density at radius 2 is 2.20 bits per heavy atom. The Morgan fingerprint density at radius 1 is 1.40 bits per heavy atom. The van der Waals surface area contributed by atoms with E-state index >= 15 is 0 Å². The second-order valence-corrected chi connectivity index (χ2v) is 7.14. The monoisotopic (exact) mass is 422 g/mol. The van der Waals surface area contributed by atoms with Gasteiger partial charge in [0.05, 0.1) is 18.0 Å². The van der Waals surface area contributed by atoms with Gasteiger partial charge in [-0.2, -0.15) is 23.4 Å². The number of anilines is 1. The van der Waals surface area contributed by atoms with Crippen LogP contribution in [0.1, 0.15) is 52.9 Å². The molecular formula is C19H21F3N6O2. The number of aromatic nitrogens is 4. The number of fused-ring (bicyclic) bond motifs is 1. The molecule has 160 valence electrons. The van der Waals surface area contributed by atoms with Gasteiger partial charge >= 0.3 is 6.18 Å². The molecule has 3 aromatic rings. The van der Waals surface area contributed by atoms with Crippen LogP contribution in [0.5, 0.6) is 0 Å². The summed E-state index contributed by atoms with van der Waals surface area (Å²) in [5.74, 6) is -0.0472. The van der Waals surface area contributed by atoms with Crippen molar-refractivity contribution in [3.63, 3.8) is 0 Å². The highest BCUT2D eigenvalue weighted by Gasteiger charge is 2.47. The van der Waals surface area contributed by atoms with E-state index in [1.54, 1.807) is 16.8 Å². The first-order chi connectivity index (χ1) is 14.3. The van der Waals surface area contributed by atoms with Crippen molar-refractivity contribution >= 4 is 11.7 Å². The largest absolute Gasteiger partial charge is 0.467 e. The summed E-state index contributed by atoms with van der Waals surface area (Å²) in [7, 11) is 0. The maximum Gasteiger partial charge on any atom is 0.410 e. The van der Waals surface area contributed by atoms with Gasteiger partial charge in [0, 0.05) is 37.3 Å². The molecule has 0 unspecified atom stereocenters. The second-order valence-electron chi connectivity index (χ2n) is 7.14. The van der Waals surface area contributed by atoms with Crippen molar-refractivity contribution in [2.45, 2.75) is 51.6 Å². The zero-order chi connectivity index (χ0) is 21.5. The molecule has 1 aliphatic rings. The molecule has 3 aromatic heterocycles. The molecule has 0 saturated carbocycles. The summed E-state index contributed by atoms with van der Waals surface area (Å²) in [6, 6.07) is 2.02. The van der Waals surface area contributed by atoms with Crippen LogP contribution in [0.25, 0.3) is 0 Å². The third-order valence-electron chi connectivity index (χ3n) is 5.12. The average molecular weight is 422 g/mol. The topological polar surface area (TPSA) is 89.9 Å². The molecule has 1 amide bonds. The van der Waals surface area contributed by atoms with Gasteiger partial charge in [-0.05, 0) is 26.0 Å². The first-order valence-electron chi connectivity index (χ1n) is 9.53. The zero-order valence-corrected chi connectivity index (χ0v) is 16.4. The molecule has 8 nitrogen and oxygen atoms in total. The van der Waals surface area contributed by atoms with Gasteiger partial charge < -0.3 is 15.1 Å². The molecule has 2 atom stereocenters. The Kier molecular flexibility index (Phi) is 5.04. The fraction of sp³-hybridized carbons (Fsp3) is 0.421. The van der Waals surface area contributed by atoms with Crippen molar-refractivity contribution in [3.8, 4) is 0 Å². The predicted octanol–water partition coefficient (Wildman–Crippen LogP) is 3.59. The molecule has 0 radical (unpaired) electrons. The lowest BCUT2D eigenvalue weighted by Crippen LogP contribution is -2.35. The van der Waals surface area contributed by atoms with Crippen molar-refractivity contribution in [1.82, 2.24) is 24.9 Å². The van der Waals surface area contributed by atoms with Crippen LogP contribution in [0, 0.1) is 6.92 Å². The minimum atomic E-state index is -4.52. The summed E-state index contributed by atoms with van der Waals surface area (Å²) in [6.45, 7) is 4.68. The van der Waals surface area contributed by atoms with Gasteiger partial charge in [0.1, 0.15) is 11.6 Å². The van der Waals surface area contributed by atoms with E-state index in [2.05, 4.69) is 20.8 Å². The first-order valence-corrected chi connectivity index (χ1v) is 9.53. The summed E-state index contributed by atoms with van der Waals surface area (Å²) in [4.78, 5) is 12.5. The predicted molar refractivity (Wildman–Crippen MR) is 101 cm³/mol. The summed E-state index contributed by atoms with van der Waals surface area (Å²) >= 11 is 0. The number of halogens is 3. The van der Waals surface area contributed by atoms with Crippen LogP contribution in [0.4, 0.5) is 19.0 Å². The third-order valence-corrected chi connectivity index (χ3v) is 5.12. The Bertz CT molecular complexity index is 1040. The lowest BCUT2D eigenvalue weighted by atomic mass is 10.0. The lowest BCUT2D eigenvalue weighted by Gasteiger charge is -2.32. The van der Waals surface area contributed by atoms with Gasteiger partial charge in [0.15, 0.2) is 11.7 Å². The minimum absolute atomic E-state index is 0.0904. The Balaban J connectivity index is 1.55. The van der Waals surface area contributed by atoms with Gasteiger partial charge in [0.25, 0.3) is 5.91 Å². The Labute approximate surface area is 170 Å².